The minimum Gasteiger partial charge on any atom is -0.326 e. The number of nitrogens with zero attached hydrogens (tertiary/aromatic N) is 2. The molecule has 2 rings (SSSR count). The van der Waals surface area contributed by atoms with E-state index in [2.05, 4.69) is 25.9 Å². The van der Waals surface area contributed by atoms with Crippen molar-refractivity contribution in [1.82, 2.24) is 4.90 Å². The summed E-state index contributed by atoms with van der Waals surface area (Å²) in [5, 5.41) is 0. The Bertz CT molecular complexity index is 195. The predicted molar refractivity (Wildman–Crippen MR) is 64.8 cm³/mol. The Balaban J connectivity index is 1.80. The predicted octanol–water partition coefficient (Wildman–Crippen LogP) is 1.96. The van der Waals surface area contributed by atoms with E-state index in [1.807, 2.05) is 0 Å². The van der Waals surface area contributed by atoms with Crippen LogP contribution < -0.4 is 0 Å². The van der Waals surface area contributed by atoms with Gasteiger partial charge in [0.15, 0.2) is 0 Å². The van der Waals surface area contributed by atoms with Crippen molar-refractivity contribution in [3.8, 4) is 0 Å². The van der Waals surface area contributed by atoms with Crippen LogP contribution in [-0.4, -0.2) is 55.7 Å². The second-order valence-corrected chi connectivity index (χ2v) is 6.33. The van der Waals surface area contributed by atoms with Gasteiger partial charge in [0, 0.05) is 19.1 Å². The summed E-state index contributed by atoms with van der Waals surface area (Å²) in [5.74, 6) is 0.985. The van der Waals surface area contributed by atoms with Crippen molar-refractivity contribution >= 4 is 0 Å². The highest BCUT2D eigenvalue weighted by Gasteiger charge is 2.30. The number of rotatable bonds is 1. The average Bonchev–Trinajstić information content (AvgIpc) is 2.20. The van der Waals surface area contributed by atoms with Crippen LogP contribution in [0.3, 0.4) is 0 Å². The molecular formula is C13H27N2+. The summed E-state index contributed by atoms with van der Waals surface area (Å²) in [4.78, 5) is 2.76. The standard InChI is InChI=1S/C13H27N2/c1-12-4-6-13(7-5-12)14-8-10-15(2,3)11-9-14/h12-13H,4-11H2,1-3H3/q+1. The maximum absolute atomic E-state index is 2.76. The van der Waals surface area contributed by atoms with Gasteiger partial charge in [-0.05, 0) is 31.6 Å². The van der Waals surface area contributed by atoms with Gasteiger partial charge in [0.05, 0.1) is 27.2 Å². The van der Waals surface area contributed by atoms with Crippen LogP contribution >= 0.6 is 0 Å². The van der Waals surface area contributed by atoms with Crippen molar-refractivity contribution < 1.29 is 4.48 Å². The molecule has 0 radical (unpaired) electrons. The highest BCUT2D eigenvalue weighted by Crippen LogP contribution is 2.27. The highest BCUT2D eigenvalue weighted by atomic mass is 15.4. The van der Waals surface area contributed by atoms with E-state index in [0.29, 0.717) is 0 Å². The first-order valence-corrected chi connectivity index (χ1v) is 6.63. The lowest BCUT2D eigenvalue weighted by Crippen LogP contribution is -2.57. The molecule has 2 heteroatoms. The van der Waals surface area contributed by atoms with E-state index in [0.717, 1.165) is 12.0 Å². The summed E-state index contributed by atoms with van der Waals surface area (Å²) in [6.45, 7) is 7.74. The number of piperazine rings is 1. The van der Waals surface area contributed by atoms with Crippen LogP contribution in [0.5, 0.6) is 0 Å². The molecular weight excluding hydrogens is 184 g/mol. The quantitative estimate of drug-likeness (QED) is 0.599. The van der Waals surface area contributed by atoms with E-state index < -0.39 is 0 Å². The van der Waals surface area contributed by atoms with E-state index in [1.165, 1.54) is 56.3 Å². The zero-order valence-corrected chi connectivity index (χ0v) is 10.7. The van der Waals surface area contributed by atoms with E-state index in [4.69, 9.17) is 0 Å². The second kappa shape index (κ2) is 4.42. The van der Waals surface area contributed by atoms with Gasteiger partial charge in [-0.2, -0.15) is 0 Å². The largest absolute Gasteiger partial charge is 0.326 e. The maximum atomic E-state index is 2.76. The summed E-state index contributed by atoms with van der Waals surface area (Å²) >= 11 is 0. The third kappa shape index (κ3) is 2.94. The van der Waals surface area contributed by atoms with E-state index in [-0.39, 0.29) is 0 Å². The molecule has 2 aliphatic rings. The average molecular weight is 211 g/mol. The van der Waals surface area contributed by atoms with Crippen LogP contribution in [0.2, 0.25) is 0 Å². The fraction of sp³-hybridized carbons (Fsp3) is 1.00. The van der Waals surface area contributed by atoms with Crippen LogP contribution in [0.4, 0.5) is 0 Å². The van der Waals surface area contributed by atoms with Gasteiger partial charge < -0.3 is 4.48 Å². The summed E-state index contributed by atoms with van der Waals surface area (Å²) in [7, 11) is 4.72. The zero-order valence-electron chi connectivity index (χ0n) is 10.7. The molecule has 2 nitrogen and oxygen atoms in total. The van der Waals surface area contributed by atoms with Gasteiger partial charge in [0.1, 0.15) is 0 Å². The molecule has 0 aromatic heterocycles. The molecule has 1 heterocycles. The number of likely N-dealkylation sites (N-methyl/N-ethyl adjacent to an activating group) is 1. The Morgan fingerprint density at radius 3 is 2.00 bits per heavy atom. The summed E-state index contributed by atoms with van der Waals surface area (Å²) in [5.41, 5.74) is 0. The monoisotopic (exact) mass is 211 g/mol. The van der Waals surface area contributed by atoms with Crippen molar-refractivity contribution in [2.45, 2.75) is 38.6 Å². The van der Waals surface area contributed by atoms with E-state index >= 15 is 0 Å². The van der Waals surface area contributed by atoms with Gasteiger partial charge in [0.25, 0.3) is 0 Å². The van der Waals surface area contributed by atoms with Gasteiger partial charge in [-0.3, -0.25) is 4.90 Å². The lowest BCUT2D eigenvalue weighted by atomic mass is 9.86. The van der Waals surface area contributed by atoms with E-state index in [1.54, 1.807) is 0 Å². The first-order chi connectivity index (χ1) is 7.07. The molecule has 0 aromatic carbocycles. The first-order valence-electron chi connectivity index (χ1n) is 6.63. The molecule has 88 valence electrons. The van der Waals surface area contributed by atoms with Gasteiger partial charge >= 0.3 is 0 Å². The minimum absolute atomic E-state index is 0.918. The second-order valence-electron chi connectivity index (χ2n) is 6.33. The van der Waals surface area contributed by atoms with Crippen LogP contribution in [0, 0.1) is 5.92 Å². The summed E-state index contributed by atoms with van der Waals surface area (Å²) in [6, 6.07) is 0.918. The lowest BCUT2D eigenvalue weighted by Gasteiger charge is -2.43. The van der Waals surface area contributed by atoms with Crippen LogP contribution in [0.15, 0.2) is 0 Å². The van der Waals surface area contributed by atoms with E-state index in [9.17, 15) is 0 Å². The molecule has 1 aliphatic heterocycles. The van der Waals surface area contributed by atoms with Crippen LogP contribution in [0.25, 0.3) is 0 Å². The molecule has 0 aromatic rings. The zero-order chi connectivity index (χ0) is 10.9. The fourth-order valence-corrected chi connectivity index (χ4v) is 2.99. The normalized spacial score (nSPS) is 37.8. The summed E-state index contributed by atoms with van der Waals surface area (Å²) < 4.78 is 1.22. The molecule has 1 saturated carbocycles. The van der Waals surface area contributed by atoms with Crippen LogP contribution in [-0.2, 0) is 0 Å². The number of quaternary nitrogens is 1. The molecule has 0 bridgehead atoms. The first kappa shape index (κ1) is 11.4. The lowest BCUT2D eigenvalue weighted by molar-refractivity contribution is -0.894. The Kier molecular flexibility index (Phi) is 3.36. The molecule has 15 heavy (non-hydrogen) atoms. The molecule has 0 atom stereocenters. The third-order valence-corrected chi connectivity index (χ3v) is 4.49. The van der Waals surface area contributed by atoms with Gasteiger partial charge in [0.2, 0.25) is 0 Å². The molecule has 1 aliphatic carbocycles. The van der Waals surface area contributed by atoms with Gasteiger partial charge in [-0.1, -0.05) is 6.92 Å². The van der Waals surface area contributed by atoms with Gasteiger partial charge in [-0.25, -0.2) is 0 Å². The van der Waals surface area contributed by atoms with Crippen molar-refractivity contribution in [2.24, 2.45) is 5.92 Å². The van der Waals surface area contributed by atoms with Crippen molar-refractivity contribution in [3.63, 3.8) is 0 Å². The third-order valence-electron chi connectivity index (χ3n) is 4.49. The molecule has 0 N–H and O–H groups in total. The Hall–Kier alpha value is -0.0800. The molecule has 2 fully saturated rings. The smallest absolute Gasteiger partial charge is 0.0912 e. The highest BCUT2D eigenvalue weighted by molar-refractivity contribution is 4.79. The Labute approximate surface area is 94.8 Å². The van der Waals surface area contributed by atoms with Crippen molar-refractivity contribution in [3.05, 3.63) is 0 Å². The molecule has 0 spiro atoms. The Morgan fingerprint density at radius 2 is 1.47 bits per heavy atom. The van der Waals surface area contributed by atoms with Crippen molar-refractivity contribution in [1.29, 1.82) is 0 Å². The van der Waals surface area contributed by atoms with Crippen LogP contribution in [0.1, 0.15) is 32.6 Å². The van der Waals surface area contributed by atoms with Gasteiger partial charge in [-0.15, -0.1) is 0 Å². The fourth-order valence-electron chi connectivity index (χ4n) is 2.99. The topological polar surface area (TPSA) is 3.24 Å². The number of hydrogen-bond acceptors (Lipinski definition) is 1. The molecule has 1 saturated heterocycles. The van der Waals surface area contributed by atoms with Crippen molar-refractivity contribution in [2.75, 3.05) is 40.3 Å². The molecule has 0 amide bonds. The number of hydrogen-bond donors (Lipinski definition) is 0. The summed E-state index contributed by atoms with van der Waals surface area (Å²) in [6.07, 6.45) is 5.82. The maximum Gasteiger partial charge on any atom is 0.0912 e. The SMILES string of the molecule is CC1CCC(N2CC[N+](C)(C)CC2)CC1. The minimum atomic E-state index is 0.918. The molecule has 0 unspecified atom stereocenters. The Morgan fingerprint density at radius 1 is 0.933 bits per heavy atom.